The van der Waals surface area contributed by atoms with Gasteiger partial charge in [-0.05, 0) is 61.8 Å². The van der Waals surface area contributed by atoms with E-state index in [0.29, 0.717) is 22.1 Å². The molecule has 3 rings (SSSR count). The lowest BCUT2D eigenvalue weighted by Gasteiger charge is -2.25. The van der Waals surface area contributed by atoms with Crippen molar-refractivity contribution in [1.82, 2.24) is 10.2 Å². The molecular formula is C20H24ClN3S. The normalized spacial score (nSPS) is 18.7. The standard InChI is InChI=1S/C20H24ClN3S/c1-15(17-6-3-2-4-7-17)24-11-10-16(14-24)13-22-20(25)23-19-9-5-8-18(21)12-19/h2-9,12,15-16H,10-11,13-14H2,1H3,(H2,22,23,25)/t15-,16-/m1/s1. The first-order valence-corrected chi connectivity index (χ1v) is 9.50. The van der Waals surface area contributed by atoms with Crippen LogP contribution in [0.25, 0.3) is 0 Å². The Balaban J connectivity index is 1.44. The zero-order chi connectivity index (χ0) is 17.6. The molecule has 0 aliphatic carbocycles. The largest absolute Gasteiger partial charge is 0.362 e. The fourth-order valence-electron chi connectivity index (χ4n) is 3.30. The van der Waals surface area contributed by atoms with Gasteiger partial charge in [-0.25, -0.2) is 0 Å². The van der Waals surface area contributed by atoms with E-state index in [1.165, 1.54) is 12.0 Å². The molecule has 0 aromatic heterocycles. The summed E-state index contributed by atoms with van der Waals surface area (Å²) >= 11 is 11.4. The maximum Gasteiger partial charge on any atom is 0.170 e. The highest BCUT2D eigenvalue weighted by Crippen LogP contribution is 2.26. The van der Waals surface area contributed by atoms with E-state index in [1.807, 2.05) is 24.3 Å². The Labute approximate surface area is 160 Å². The number of hydrogen-bond acceptors (Lipinski definition) is 2. The molecule has 0 amide bonds. The van der Waals surface area contributed by atoms with Crippen LogP contribution < -0.4 is 10.6 Å². The predicted octanol–water partition coefficient (Wildman–Crippen LogP) is 4.71. The van der Waals surface area contributed by atoms with Crippen molar-refractivity contribution in [3.63, 3.8) is 0 Å². The van der Waals surface area contributed by atoms with Gasteiger partial charge in [-0.15, -0.1) is 0 Å². The summed E-state index contributed by atoms with van der Waals surface area (Å²) in [4.78, 5) is 2.55. The lowest BCUT2D eigenvalue weighted by Crippen LogP contribution is -2.34. The van der Waals surface area contributed by atoms with Crippen LogP contribution in [-0.2, 0) is 0 Å². The van der Waals surface area contributed by atoms with E-state index < -0.39 is 0 Å². The van der Waals surface area contributed by atoms with Crippen molar-refractivity contribution in [3.05, 3.63) is 65.2 Å². The van der Waals surface area contributed by atoms with Gasteiger partial charge in [0.1, 0.15) is 0 Å². The van der Waals surface area contributed by atoms with Crippen molar-refractivity contribution < 1.29 is 0 Å². The van der Waals surface area contributed by atoms with Gasteiger partial charge >= 0.3 is 0 Å². The maximum absolute atomic E-state index is 6.00. The van der Waals surface area contributed by atoms with E-state index in [0.717, 1.165) is 25.3 Å². The van der Waals surface area contributed by atoms with Gasteiger partial charge in [-0.3, -0.25) is 4.90 Å². The molecule has 1 saturated heterocycles. The molecule has 2 aromatic rings. The molecule has 25 heavy (non-hydrogen) atoms. The molecule has 0 saturated carbocycles. The maximum atomic E-state index is 6.00. The van der Waals surface area contributed by atoms with Gasteiger partial charge in [0.05, 0.1) is 0 Å². The Morgan fingerprint density at radius 2 is 2.04 bits per heavy atom. The van der Waals surface area contributed by atoms with Gasteiger partial charge in [-0.1, -0.05) is 48.0 Å². The summed E-state index contributed by atoms with van der Waals surface area (Å²) in [6.45, 7) is 5.42. The number of nitrogens with one attached hydrogen (secondary N) is 2. The summed E-state index contributed by atoms with van der Waals surface area (Å²) in [5.41, 5.74) is 2.30. The van der Waals surface area contributed by atoms with Gasteiger partial charge < -0.3 is 10.6 Å². The Morgan fingerprint density at radius 1 is 1.24 bits per heavy atom. The van der Waals surface area contributed by atoms with Crippen LogP contribution in [0.2, 0.25) is 5.02 Å². The van der Waals surface area contributed by atoms with Crippen LogP contribution >= 0.6 is 23.8 Å². The zero-order valence-electron chi connectivity index (χ0n) is 14.4. The second-order valence-corrected chi connectivity index (χ2v) is 7.43. The minimum Gasteiger partial charge on any atom is -0.362 e. The highest BCUT2D eigenvalue weighted by atomic mass is 35.5. The third kappa shape index (κ3) is 5.18. The molecule has 0 radical (unpaired) electrons. The smallest absolute Gasteiger partial charge is 0.170 e. The number of rotatable bonds is 5. The van der Waals surface area contributed by atoms with E-state index in [-0.39, 0.29) is 0 Å². The number of likely N-dealkylation sites (tertiary alicyclic amines) is 1. The van der Waals surface area contributed by atoms with Crippen LogP contribution in [-0.4, -0.2) is 29.6 Å². The quantitative estimate of drug-likeness (QED) is 0.742. The zero-order valence-corrected chi connectivity index (χ0v) is 16.0. The number of benzene rings is 2. The molecule has 2 aromatic carbocycles. The number of halogens is 1. The van der Waals surface area contributed by atoms with Crippen molar-refractivity contribution in [3.8, 4) is 0 Å². The van der Waals surface area contributed by atoms with Crippen molar-refractivity contribution in [1.29, 1.82) is 0 Å². The summed E-state index contributed by atoms with van der Waals surface area (Å²) in [6, 6.07) is 18.8. The van der Waals surface area contributed by atoms with E-state index in [9.17, 15) is 0 Å². The highest BCUT2D eigenvalue weighted by molar-refractivity contribution is 7.80. The van der Waals surface area contributed by atoms with Gasteiger partial charge in [-0.2, -0.15) is 0 Å². The average Bonchev–Trinajstić information content (AvgIpc) is 3.09. The molecule has 5 heteroatoms. The molecule has 2 N–H and O–H groups in total. The predicted molar refractivity (Wildman–Crippen MR) is 110 cm³/mol. The summed E-state index contributed by atoms with van der Waals surface area (Å²) in [5.74, 6) is 0.616. The van der Waals surface area contributed by atoms with Crippen molar-refractivity contribution in [2.75, 3.05) is 25.0 Å². The first kappa shape index (κ1) is 18.2. The molecule has 0 bridgehead atoms. The summed E-state index contributed by atoms with van der Waals surface area (Å²) < 4.78 is 0. The highest BCUT2D eigenvalue weighted by Gasteiger charge is 2.26. The van der Waals surface area contributed by atoms with Gasteiger partial charge in [0.15, 0.2) is 5.11 Å². The number of anilines is 1. The second-order valence-electron chi connectivity index (χ2n) is 6.58. The van der Waals surface area contributed by atoms with Crippen molar-refractivity contribution in [2.45, 2.75) is 19.4 Å². The van der Waals surface area contributed by atoms with Crippen molar-refractivity contribution >= 4 is 34.6 Å². The molecule has 1 aliphatic rings. The molecular weight excluding hydrogens is 350 g/mol. The third-order valence-electron chi connectivity index (χ3n) is 4.78. The second kappa shape index (κ2) is 8.65. The molecule has 3 nitrogen and oxygen atoms in total. The third-order valence-corrected chi connectivity index (χ3v) is 5.26. The molecule has 1 aliphatic heterocycles. The van der Waals surface area contributed by atoms with Crippen LogP contribution in [0.1, 0.15) is 24.9 Å². The van der Waals surface area contributed by atoms with Crippen LogP contribution in [0.4, 0.5) is 5.69 Å². The van der Waals surface area contributed by atoms with E-state index >= 15 is 0 Å². The Morgan fingerprint density at radius 3 is 2.80 bits per heavy atom. The Bertz CT molecular complexity index is 707. The van der Waals surface area contributed by atoms with E-state index in [4.69, 9.17) is 23.8 Å². The number of hydrogen-bond donors (Lipinski definition) is 2. The lowest BCUT2D eigenvalue weighted by atomic mass is 10.1. The molecule has 1 fully saturated rings. The molecule has 2 atom stereocenters. The lowest BCUT2D eigenvalue weighted by molar-refractivity contribution is 0.253. The van der Waals surface area contributed by atoms with Gasteiger partial charge in [0.25, 0.3) is 0 Å². The van der Waals surface area contributed by atoms with Crippen LogP contribution in [0, 0.1) is 5.92 Å². The minimum absolute atomic E-state index is 0.461. The first-order chi connectivity index (χ1) is 12.1. The number of thiocarbonyl (C=S) groups is 1. The van der Waals surface area contributed by atoms with E-state index in [2.05, 4.69) is 52.8 Å². The summed E-state index contributed by atoms with van der Waals surface area (Å²) in [7, 11) is 0. The Kier molecular flexibility index (Phi) is 6.29. The minimum atomic E-state index is 0.461. The fourth-order valence-corrected chi connectivity index (χ4v) is 3.69. The average molecular weight is 374 g/mol. The summed E-state index contributed by atoms with van der Waals surface area (Å²) in [6.07, 6.45) is 1.20. The van der Waals surface area contributed by atoms with Crippen molar-refractivity contribution in [2.24, 2.45) is 5.92 Å². The van der Waals surface area contributed by atoms with Crippen LogP contribution in [0.3, 0.4) is 0 Å². The molecule has 0 spiro atoms. The first-order valence-electron chi connectivity index (χ1n) is 8.71. The summed E-state index contributed by atoms with van der Waals surface area (Å²) in [5, 5.41) is 7.88. The van der Waals surface area contributed by atoms with E-state index in [1.54, 1.807) is 0 Å². The topological polar surface area (TPSA) is 27.3 Å². The molecule has 132 valence electrons. The Hall–Kier alpha value is -1.62. The van der Waals surface area contributed by atoms with Gasteiger partial charge in [0.2, 0.25) is 0 Å². The SMILES string of the molecule is C[C@H](c1ccccc1)N1CC[C@H](CNC(=S)Nc2cccc(Cl)c2)C1. The fraction of sp³-hybridized carbons (Fsp3) is 0.350. The number of nitrogens with zero attached hydrogens (tertiary/aromatic N) is 1. The van der Waals surface area contributed by atoms with Crippen LogP contribution in [0.15, 0.2) is 54.6 Å². The molecule has 0 unspecified atom stereocenters. The molecule has 1 heterocycles. The van der Waals surface area contributed by atoms with Gasteiger partial charge in [0, 0.05) is 29.8 Å². The van der Waals surface area contributed by atoms with Crippen LogP contribution in [0.5, 0.6) is 0 Å². The monoisotopic (exact) mass is 373 g/mol.